The zero-order valence-electron chi connectivity index (χ0n) is 9.62. The molecule has 3 N–H and O–H groups in total. The summed E-state index contributed by atoms with van der Waals surface area (Å²) in [7, 11) is -3.61. The molecule has 5 nitrogen and oxygen atoms in total. The molecular weight excluding hydrogens is 302 g/mol. The molecule has 0 aromatic heterocycles. The lowest BCUT2D eigenvalue weighted by molar-refractivity contribution is 0.0949. The first-order valence-electron chi connectivity index (χ1n) is 5.14. The largest absolute Gasteiger partial charge is 0.352 e. The van der Waals surface area contributed by atoms with Crippen LogP contribution in [0.1, 0.15) is 16.8 Å². The fraction of sp³-hybridized carbons (Fsp3) is 0.300. The van der Waals surface area contributed by atoms with E-state index in [-0.39, 0.29) is 18.7 Å². The number of halogens is 3. The molecule has 1 aromatic rings. The van der Waals surface area contributed by atoms with Crippen LogP contribution < -0.4 is 10.5 Å². The Morgan fingerprint density at radius 3 is 2.53 bits per heavy atom. The highest BCUT2D eigenvalue weighted by molar-refractivity contribution is 7.89. The first-order chi connectivity index (χ1) is 8.70. The average Bonchev–Trinajstić information content (AvgIpc) is 2.28. The van der Waals surface area contributed by atoms with Gasteiger partial charge in [0.15, 0.2) is 0 Å². The quantitative estimate of drug-likeness (QED) is 0.628. The summed E-state index contributed by atoms with van der Waals surface area (Å²) in [6.45, 7) is -0.0288. The molecule has 9 heteroatoms. The smallest absolute Gasteiger partial charge is 0.254 e. The van der Waals surface area contributed by atoms with Gasteiger partial charge in [-0.2, -0.15) is 0 Å². The van der Waals surface area contributed by atoms with Gasteiger partial charge in [0, 0.05) is 6.54 Å². The molecule has 19 heavy (non-hydrogen) atoms. The highest BCUT2D eigenvalue weighted by atomic mass is 35.5. The third-order valence-electron chi connectivity index (χ3n) is 2.15. The third-order valence-corrected chi connectivity index (χ3v) is 3.29. The number of nitrogens with one attached hydrogen (secondary N) is 1. The van der Waals surface area contributed by atoms with Gasteiger partial charge >= 0.3 is 0 Å². The van der Waals surface area contributed by atoms with Crippen LogP contribution in [-0.4, -0.2) is 26.6 Å². The number of sulfonamides is 1. The Balaban J connectivity index is 2.62. The summed E-state index contributed by atoms with van der Waals surface area (Å²) in [6.07, 6.45) is 0.0717. The van der Waals surface area contributed by atoms with E-state index in [4.69, 9.17) is 16.7 Å². The van der Waals surface area contributed by atoms with Crippen molar-refractivity contribution in [3.8, 4) is 0 Å². The molecule has 0 unspecified atom stereocenters. The van der Waals surface area contributed by atoms with Crippen LogP contribution in [0.4, 0.5) is 8.78 Å². The number of primary sulfonamides is 1. The predicted molar refractivity (Wildman–Crippen MR) is 66.3 cm³/mol. The van der Waals surface area contributed by atoms with E-state index < -0.39 is 38.2 Å². The highest BCUT2D eigenvalue weighted by Gasteiger charge is 2.15. The van der Waals surface area contributed by atoms with Crippen molar-refractivity contribution in [3.63, 3.8) is 0 Å². The molecule has 1 rings (SSSR count). The number of carbonyl (C=O) groups excluding carboxylic acids is 1. The zero-order valence-corrected chi connectivity index (χ0v) is 11.2. The summed E-state index contributed by atoms with van der Waals surface area (Å²) in [4.78, 5) is 11.5. The maximum absolute atomic E-state index is 13.4. The minimum atomic E-state index is -3.61. The van der Waals surface area contributed by atoms with E-state index in [1.807, 2.05) is 0 Å². The molecule has 0 aliphatic rings. The average molecular weight is 313 g/mol. The maximum Gasteiger partial charge on any atom is 0.254 e. The molecule has 1 aromatic carbocycles. The molecule has 0 bridgehead atoms. The van der Waals surface area contributed by atoms with Crippen molar-refractivity contribution in [2.24, 2.45) is 5.14 Å². The molecule has 106 valence electrons. The Hall–Kier alpha value is -1.25. The summed E-state index contributed by atoms with van der Waals surface area (Å²) in [5, 5.41) is 6.58. The van der Waals surface area contributed by atoms with Crippen LogP contribution in [0.3, 0.4) is 0 Å². The maximum atomic E-state index is 13.4. The second-order valence-corrected chi connectivity index (χ2v) is 5.86. The normalized spacial score (nSPS) is 11.4. The Bertz CT molecular complexity index is 593. The molecule has 0 fully saturated rings. The van der Waals surface area contributed by atoms with Gasteiger partial charge in [0.25, 0.3) is 5.91 Å². The minimum Gasteiger partial charge on any atom is -0.352 e. The lowest BCUT2D eigenvalue weighted by Crippen LogP contribution is -2.28. The molecule has 0 aliphatic heterocycles. The van der Waals surface area contributed by atoms with Gasteiger partial charge < -0.3 is 5.32 Å². The van der Waals surface area contributed by atoms with Gasteiger partial charge in [0.1, 0.15) is 11.6 Å². The van der Waals surface area contributed by atoms with Crippen molar-refractivity contribution in [2.45, 2.75) is 6.42 Å². The number of amides is 1. The molecule has 0 radical (unpaired) electrons. The van der Waals surface area contributed by atoms with Gasteiger partial charge in [0.05, 0.1) is 16.3 Å². The summed E-state index contributed by atoms with van der Waals surface area (Å²) >= 11 is 5.34. The third kappa shape index (κ3) is 5.09. The second kappa shape index (κ2) is 6.27. The molecule has 0 saturated heterocycles. The molecule has 0 heterocycles. The number of carbonyl (C=O) groups is 1. The van der Waals surface area contributed by atoms with Crippen LogP contribution >= 0.6 is 11.6 Å². The number of rotatable bonds is 5. The SMILES string of the molecule is NS(=O)(=O)CCCNC(=O)c1cc(F)c(Cl)cc1F. The van der Waals surface area contributed by atoms with E-state index in [1.54, 1.807) is 0 Å². The van der Waals surface area contributed by atoms with Gasteiger partial charge in [-0.15, -0.1) is 0 Å². The minimum absolute atomic E-state index is 0.0288. The van der Waals surface area contributed by atoms with Crippen LogP contribution in [0.5, 0.6) is 0 Å². The Morgan fingerprint density at radius 2 is 1.95 bits per heavy atom. The summed E-state index contributed by atoms with van der Waals surface area (Å²) in [6, 6.07) is 1.36. The van der Waals surface area contributed by atoms with E-state index >= 15 is 0 Å². The Labute approximate surface area is 113 Å². The summed E-state index contributed by atoms with van der Waals surface area (Å²) < 4.78 is 47.7. The molecule has 1 amide bonds. The van der Waals surface area contributed by atoms with Gasteiger partial charge in [-0.25, -0.2) is 22.3 Å². The van der Waals surface area contributed by atoms with Crippen LogP contribution in [0, 0.1) is 11.6 Å². The van der Waals surface area contributed by atoms with Crippen molar-refractivity contribution in [1.82, 2.24) is 5.32 Å². The van der Waals surface area contributed by atoms with Gasteiger partial charge in [-0.05, 0) is 18.6 Å². The highest BCUT2D eigenvalue weighted by Crippen LogP contribution is 2.19. The van der Waals surface area contributed by atoms with Gasteiger partial charge in [-0.3, -0.25) is 4.79 Å². The van der Waals surface area contributed by atoms with E-state index in [1.165, 1.54) is 0 Å². The van der Waals surface area contributed by atoms with Crippen molar-refractivity contribution in [3.05, 3.63) is 34.4 Å². The molecular formula is C10H11ClF2N2O3S. The van der Waals surface area contributed by atoms with E-state index in [0.717, 1.165) is 0 Å². The molecule has 0 saturated carbocycles. The molecule has 0 aliphatic carbocycles. The van der Waals surface area contributed by atoms with E-state index in [2.05, 4.69) is 5.32 Å². The van der Waals surface area contributed by atoms with E-state index in [9.17, 15) is 22.0 Å². The Morgan fingerprint density at radius 1 is 1.32 bits per heavy atom. The standard InChI is InChI=1S/C10H11ClF2N2O3S/c11-7-5-8(12)6(4-9(7)13)10(16)15-2-1-3-19(14,17)18/h4-5H,1-3H2,(H,15,16)(H2,14,17,18). The van der Waals surface area contributed by atoms with Gasteiger partial charge in [-0.1, -0.05) is 11.6 Å². The lowest BCUT2D eigenvalue weighted by Gasteiger charge is -2.06. The predicted octanol–water partition coefficient (Wildman–Crippen LogP) is 1.03. The van der Waals surface area contributed by atoms with Crippen LogP contribution in [0.2, 0.25) is 5.02 Å². The summed E-state index contributed by atoms with van der Waals surface area (Å²) in [5.41, 5.74) is -0.502. The van der Waals surface area contributed by atoms with Crippen LogP contribution in [0.15, 0.2) is 12.1 Å². The second-order valence-electron chi connectivity index (χ2n) is 3.72. The number of hydrogen-bond acceptors (Lipinski definition) is 3. The fourth-order valence-electron chi connectivity index (χ4n) is 1.27. The molecule has 0 atom stereocenters. The number of benzene rings is 1. The summed E-state index contributed by atoms with van der Waals surface area (Å²) in [5.74, 6) is -3.05. The van der Waals surface area contributed by atoms with E-state index in [0.29, 0.717) is 12.1 Å². The monoisotopic (exact) mass is 312 g/mol. The van der Waals surface area contributed by atoms with Gasteiger partial charge in [0.2, 0.25) is 10.0 Å². The lowest BCUT2D eigenvalue weighted by atomic mass is 10.2. The topological polar surface area (TPSA) is 89.3 Å². The van der Waals surface area contributed by atoms with Crippen LogP contribution in [-0.2, 0) is 10.0 Å². The van der Waals surface area contributed by atoms with Crippen molar-refractivity contribution >= 4 is 27.5 Å². The van der Waals surface area contributed by atoms with Crippen molar-refractivity contribution in [2.75, 3.05) is 12.3 Å². The number of hydrogen-bond donors (Lipinski definition) is 2. The van der Waals surface area contributed by atoms with Crippen LogP contribution in [0.25, 0.3) is 0 Å². The fourth-order valence-corrected chi connectivity index (χ4v) is 1.96. The zero-order chi connectivity index (χ0) is 14.6. The van der Waals surface area contributed by atoms with Crippen molar-refractivity contribution < 1.29 is 22.0 Å². The first kappa shape index (κ1) is 15.8. The first-order valence-corrected chi connectivity index (χ1v) is 7.23. The Kier molecular flexibility index (Phi) is 5.21. The number of nitrogens with two attached hydrogens (primary N) is 1. The molecule has 0 spiro atoms. The van der Waals surface area contributed by atoms with Crippen molar-refractivity contribution in [1.29, 1.82) is 0 Å².